The van der Waals surface area contributed by atoms with Gasteiger partial charge in [-0.1, -0.05) is 210 Å². The Kier molecular flexibility index (Phi) is 45.9. The number of carbonyl (C=O) groups excluding carboxylic acids is 1. The van der Waals surface area contributed by atoms with Gasteiger partial charge in [0.2, 0.25) is 0 Å². The maximum atomic E-state index is 13.1. The fourth-order valence-electron chi connectivity index (χ4n) is 9.76. The summed E-state index contributed by atoms with van der Waals surface area (Å²) >= 11 is 0. The van der Waals surface area contributed by atoms with Crippen LogP contribution in [0.4, 0.5) is 0 Å². The Hall–Kier alpha value is -2.05. The van der Waals surface area contributed by atoms with Crippen LogP contribution < -0.4 is 0 Å². The van der Waals surface area contributed by atoms with Crippen LogP contribution in [0.25, 0.3) is 0 Å². The van der Waals surface area contributed by atoms with Crippen LogP contribution in [0.5, 0.6) is 0 Å². The number of aliphatic hydroxyl groups excluding tert-OH is 7. The largest absolute Gasteiger partial charge is 0.457 e. The molecule has 0 aliphatic carbocycles. The number of hydrogen-bond acceptors (Lipinski definition) is 14. The fraction of sp³-hybridized carbons (Fsp3) is 0.857. The van der Waals surface area contributed by atoms with Crippen molar-refractivity contribution in [3.63, 3.8) is 0 Å². The van der Waals surface area contributed by atoms with E-state index in [1.807, 2.05) is 0 Å². The van der Waals surface area contributed by atoms with Gasteiger partial charge < -0.3 is 64.2 Å². The van der Waals surface area contributed by atoms with E-state index in [0.29, 0.717) is 13.0 Å². The minimum absolute atomic E-state index is 0.0563. The lowest BCUT2D eigenvalue weighted by molar-refractivity contribution is -0.332. The van der Waals surface area contributed by atoms with Crippen molar-refractivity contribution < 1.29 is 69.0 Å². The SMILES string of the molecule is CCCCC/C=C\C/C=C\C/C=C\CCCCCCCCC(=O)OC(COCCCCCCCCCCCCCC/C=C\CCCCCCCCCC)COC1OC(COC2OC(CO)C(O)C(O)C2O)C(O)C(O)C1O. The van der Waals surface area contributed by atoms with E-state index in [-0.39, 0.29) is 25.6 Å². The molecule has 0 aromatic rings. The molecule has 0 aromatic heterocycles. The molecule has 2 aliphatic heterocycles. The van der Waals surface area contributed by atoms with Crippen LogP contribution >= 0.6 is 0 Å². The Labute approximate surface area is 467 Å². The molecule has 14 heteroatoms. The zero-order valence-electron chi connectivity index (χ0n) is 48.4. The van der Waals surface area contributed by atoms with Crippen molar-refractivity contribution in [3.8, 4) is 0 Å². The third-order valence-corrected chi connectivity index (χ3v) is 14.8. The lowest BCUT2D eigenvalue weighted by Gasteiger charge is -2.42. The zero-order valence-corrected chi connectivity index (χ0v) is 48.4. The number of hydrogen-bond donors (Lipinski definition) is 7. The van der Waals surface area contributed by atoms with E-state index in [4.69, 9.17) is 28.4 Å². The van der Waals surface area contributed by atoms with E-state index in [0.717, 1.165) is 70.6 Å². The molecule has 11 unspecified atom stereocenters. The van der Waals surface area contributed by atoms with E-state index < -0.39 is 80.7 Å². The molecular weight excluding hydrogens is 981 g/mol. The van der Waals surface area contributed by atoms with Gasteiger partial charge in [-0.2, -0.15) is 0 Å². The summed E-state index contributed by atoms with van der Waals surface area (Å²) < 4.78 is 34.4. The smallest absolute Gasteiger partial charge is 0.306 e. The van der Waals surface area contributed by atoms with Crippen LogP contribution in [0.1, 0.15) is 245 Å². The molecule has 2 aliphatic rings. The Bertz CT molecular complexity index is 1460. The third-order valence-electron chi connectivity index (χ3n) is 14.8. The Balaban J connectivity index is 1.69. The number of unbranched alkanes of at least 4 members (excludes halogenated alkanes) is 29. The number of ether oxygens (including phenoxy) is 6. The molecule has 0 radical (unpaired) electrons. The van der Waals surface area contributed by atoms with Crippen LogP contribution in [0.15, 0.2) is 48.6 Å². The summed E-state index contributed by atoms with van der Waals surface area (Å²) in [6, 6.07) is 0. The second-order valence-electron chi connectivity index (χ2n) is 21.9. The molecule has 2 saturated heterocycles. The monoisotopic (exact) mass is 1090 g/mol. The van der Waals surface area contributed by atoms with Crippen molar-refractivity contribution in [1.29, 1.82) is 0 Å². The van der Waals surface area contributed by atoms with Crippen molar-refractivity contribution in [2.75, 3.05) is 33.0 Å². The lowest BCUT2D eigenvalue weighted by Crippen LogP contribution is -2.61. The van der Waals surface area contributed by atoms with Crippen LogP contribution in [0, 0.1) is 0 Å². The number of aliphatic hydroxyl groups is 7. The van der Waals surface area contributed by atoms with Crippen molar-refractivity contribution in [2.45, 2.75) is 313 Å². The Morgan fingerprint density at radius 1 is 0.429 bits per heavy atom. The molecule has 7 N–H and O–H groups in total. The van der Waals surface area contributed by atoms with Crippen LogP contribution in [0.2, 0.25) is 0 Å². The van der Waals surface area contributed by atoms with Crippen molar-refractivity contribution >= 4 is 5.97 Å². The molecule has 2 heterocycles. The molecule has 0 aromatic carbocycles. The average molecular weight is 1100 g/mol. The first-order valence-corrected chi connectivity index (χ1v) is 31.2. The minimum Gasteiger partial charge on any atom is -0.457 e. The van der Waals surface area contributed by atoms with Crippen molar-refractivity contribution in [1.82, 2.24) is 0 Å². The first-order valence-electron chi connectivity index (χ1n) is 31.2. The first kappa shape index (κ1) is 71.1. The van der Waals surface area contributed by atoms with E-state index in [1.54, 1.807) is 0 Å². The predicted molar refractivity (Wildman–Crippen MR) is 307 cm³/mol. The molecule has 77 heavy (non-hydrogen) atoms. The van der Waals surface area contributed by atoms with Gasteiger partial charge in [0, 0.05) is 13.0 Å². The second-order valence-corrected chi connectivity index (χ2v) is 21.9. The summed E-state index contributed by atoms with van der Waals surface area (Å²) in [6.07, 6.45) is 44.6. The van der Waals surface area contributed by atoms with E-state index in [2.05, 4.69) is 62.5 Å². The van der Waals surface area contributed by atoms with Crippen LogP contribution in [-0.2, 0) is 33.2 Å². The first-order chi connectivity index (χ1) is 37.6. The molecule has 0 spiro atoms. The molecular formula is C63H114O14. The predicted octanol–water partition coefficient (Wildman–Crippen LogP) is 11.9. The highest BCUT2D eigenvalue weighted by Gasteiger charge is 2.47. The van der Waals surface area contributed by atoms with Gasteiger partial charge in [0.15, 0.2) is 12.6 Å². The van der Waals surface area contributed by atoms with Gasteiger partial charge in [-0.25, -0.2) is 0 Å². The van der Waals surface area contributed by atoms with Crippen molar-refractivity contribution in [2.24, 2.45) is 0 Å². The molecule has 14 nitrogen and oxygen atoms in total. The summed E-state index contributed by atoms with van der Waals surface area (Å²) in [7, 11) is 0. The maximum Gasteiger partial charge on any atom is 0.306 e. The van der Waals surface area contributed by atoms with Gasteiger partial charge in [-0.15, -0.1) is 0 Å². The number of allylic oxidation sites excluding steroid dienone is 8. The highest BCUT2D eigenvalue weighted by atomic mass is 16.7. The molecule has 2 fully saturated rings. The van der Waals surface area contributed by atoms with Crippen molar-refractivity contribution in [3.05, 3.63) is 48.6 Å². The summed E-state index contributed by atoms with van der Waals surface area (Å²) in [5, 5.41) is 72.4. The number of esters is 1. The van der Waals surface area contributed by atoms with Gasteiger partial charge >= 0.3 is 5.97 Å². The normalized spacial score (nSPS) is 24.6. The van der Waals surface area contributed by atoms with E-state index in [1.165, 1.54) is 148 Å². The number of rotatable bonds is 51. The zero-order chi connectivity index (χ0) is 55.8. The standard InChI is InChI=1S/C63H114O14/c1-3-5-7-9-11-13-15-17-19-21-23-24-25-26-27-29-31-33-35-37-39-41-43-45-47-72-49-52(75-55(65)46-44-42-40-38-36-34-32-30-28-22-20-18-16-14-12-10-8-6-4-2)50-73-62-61(71)59(69)57(67)54(77-62)51-74-63-60(70)58(68)56(66)53(48-64)76-63/h12,14,18,20-21,23,28,30,52-54,56-64,66-71H,3-11,13,15-17,19,22,24-27,29,31-51H2,1-2H3/b14-12-,20-18-,23-21-,30-28-. The molecule has 0 bridgehead atoms. The maximum absolute atomic E-state index is 13.1. The molecule has 2 rings (SSSR count). The summed E-state index contributed by atoms with van der Waals surface area (Å²) in [6.45, 7) is 3.68. The number of carbonyl (C=O) groups is 1. The fourth-order valence-corrected chi connectivity index (χ4v) is 9.76. The summed E-state index contributed by atoms with van der Waals surface area (Å²) in [4.78, 5) is 13.1. The average Bonchev–Trinajstić information content (AvgIpc) is 3.43. The van der Waals surface area contributed by atoms with Gasteiger partial charge in [-0.3, -0.25) is 4.79 Å². The van der Waals surface area contributed by atoms with Crippen LogP contribution in [-0.4, -0.2) is 142 Å². The topological polar surface area (TPSA) is 214 Å². The third kappa shape index (κ3) is 36.1. The molecule has 450 valence electrons. The quantitative estimate of drug-likeness (QED) is 0.0172. The van der Waals surface area contributed by atoms with Gasteiger partial charge in [-0.05, 0) is 77.0 Å². The second kappa shape index (κ2) is 49.7. The molecule has 0 amide bonds. The Morgan fingerprint density at radius 2 is 0.805 bits per heavy atom. The highest BCUT2D eigenvalue weighted by Crippen LogP contribution is 2.27. The van der Waals surface area contributed by atoms with Gasteiger partial charge in [0.25, 0.3) is 0 Å². The molecule has 0 saturated carbocycles. The van der Waals surface area contributed by atoms with Crippen LogP contribution in [0.3, 0.4) is 0 Å². The summed E-state index contributed by atoms with van der Waals surface area (Å²) in [5.41, 5.74) is 0. The molecule has 11 atom stereocenters. The van der Waals surface area contributed by atoms with Gasteiger partial charge in [0.05, 0.1) is 26.4 Å². The van der Waals surface area contributed by atoms with E-state index >= 15 is 0 Å². The highest BCUT2D eigenvalue weighted by molar-refractivity contribution is 5.69. The summed E-state index contributed by atoms with van der Waals surface area (Å²) in [5.74, 6) is -0.386. The van der Waals surface area contributed by atoms with E-state index in [9.17, 15) is 40.5 Å². The lowest BCUT2D eigenvalue weighted by atomic mass is 9.98. The minimum atomic E-state index is -1.71. The Morgan fingerprint density at radius 3 is 1.30 bits per heavy atom. The van der Waals surface area contributed by atoms with Gasteiger partial charge in [0.1, 0.15) is 54.9 Å².